The van der Waals surface area contributed by atoms with Gasteiger partial charge < -0.3 is 14.1 Å². The molecule has 9 heteroatoms. The second-order valence-corrected chi connectivity index (χ2v) is 9.68. The third-order valence-corrected chi connectivity index (χ3v) is 6.82. The van der Waals surface area contributed by atoms with E-state index in [2.05, 4.69) is 15.9 Å². The number of amides is 1. The molecule has 152 valence electrons. The summed E-state index contributed by atoms with van der Waals surface area (Å²) in [6, 6.07) is 8.82. The van der Waals surface area contributed by atoms with Crippen LogP contribution < -0.4 is 4.74 Å². The van der Waals surface area contributed by atoms with Crippen LogP contribution in [0.4, 0.5) is 4.39 Å². The van der Waals surface area contributed by atoms with Crippen molar-refractivity contribution in [2.75, 3.05) is 11.5 Å². The normalized spacial score (nSPS) is 19.3. The van der Waals surface area contributed by atoms with Crippen LogP contribution in [0.1, 0.15) is 25.5 Å². The summed E-state index contributed by atoms with van der Waals surface area (Å²) in [5.41, 5.74) is 0. The Balaban J connectivity index is 1.84. The summed E-state index contributed by atoms with van der Waals surface area (Å²) < 4.78 is 49.5. The second kappa shape index (κ2) is 8.65. The monoisotopic (exact) mass is 473 g/mol. The van der Waals surface area contributed by atoms with Gasteiger partial charge in [0, 0.05) is 6.04 Å². The van der Waals surface area contributed by atoms with Gasteiger partial charge in [-0.2, -0.15) is 0 Å². The van der Waals surface area contributed by atoms with Crippen molar-refractivity contribution in [3.63, 3.8) is 0 Å². The van der Waals surface area contributed by atoms with Gasteiger partial charge in [0.15, 0.2) is 32.2 Å². The number of furan rings is 1. The molecular formula is C19H21BrFNO5S. The number of para-hydroxylation sites is 1. The first kappa shape index (κ1) is 20.9. The maximum Gasteiger partial charge on any atom is 0.264 e. The highest BCUT2D eigenvalue weighted by atomic mass is 79.9. The smallest absolute Gasteiger partial charge is 0.264 e. The Morgan fingerprint density at radius 3 is 2.68 bits per heavy atom. The first-order valence-electron chi connectivity index (χ1n) is 8.95. The summed E-state index contributed by atoms with van der Waals surface area (Å²) in [4.78, 5) is 14.7. The topological polar surface area (TPSA) is 76.8 Å². The first-order valence-corrected chi connectivity index (χ1v) is 11.6. The summed E-state index contributed by atoms with van der Waals surface area (Å²) in [7, 11) is -3.19. The summed E-state index contributed by atoms with van der Waals surface area (Å²) in [6.45, 7) is 1.87. The van der Waals surface area contributed by atoms with E-state index >= 15 is 0 Å². The number of carbonyl (C=O) groups is 1. The molecule has 0 bridgehead atoms. The molecule has 6 nitrogen and oxygen atoms in total. The average Bonchev–Trinajstić information content (AvgIpc) is 3.23. The van der Waals surface area contributed by atoms with E-state index in [1.807, 2.05) is 0 Å². The van der Waals surface area contributed by atoms with Crippen LogP contribution in [0.5, 0.6) is 5.75 Å². The van der Waals surface area contributed by atoms with Crippen molar-refractivity contribution in [2.45, 2.75) is 38.5 Å². The van der Waals surface area contributed by atoms with E-state index in [1.165, 1.54) is 23.1 Å². The molecule has 0 unspecified atom stereocenters. The molecule has 1 aliphatic rings. The minimum absolute atomic E-state index is 0.0116. The minimum atomic E-state index is -3.19. The minimum Gasteiger partial charge on any atom is -0.478 e. The van der Waals surface area contributed by atoms with Crippen LogP contribution in [0.3, 0.4) is 0 Å². The highest BCUT2D eigenvalue weighted by Gasteiger charge is 2.38. The molecule has 1 amide bonds. The number of rotatable bonds is 7. The third kappa shape index (κ3) is 4.94. The highest BCUT2D eigenvalue weighted by Crippen LogP contribution is 2.25. The number of hydrogen-bond acceptors (Lipinski definition) is 5. The molecule has 1 aromatic carbocycles. The molecule has 0 radical (unpaired) electrons. The van der Waals surface area contributed by atoms with Gasteiger partial charge in [0.2, 0.25) is 0 Å². The van der Waals surface area contributed by atoms with Gasteiger partial charge in [-0.3, -0.25) is 4.79 Å². The van der Waals surface area contributed by atoms with Crippen molar-refractivity contribution in [3.8, 4) is 5.75 Å². The highest BCUT2D eigenvalue weighted by molar-refractivity contribution is 9.10. The van der Waals surface area contributed by atoms with E-state index in [9.17, 15) is 17.6 Å². The van der Waals surface area contributed by atoms with Crippen LogP contribution in [-0.4, -0.2) is 42.9 Å². The van der Waals surface area contributed by atoms with E-state index in [4.69, 9.17) is 9.15 Å². The molecule has 3 rings (SSSR count). The van der Waals surface area contributed by atoms with Gasteiger partial charge in [-0.05, 0) is 53.0 Å². The lowest BCUT2D eigenvalue weighted by molar-refractivity contribution is -0.142. The first-order chi connectivity index (χ1) is 13.3. The van der Waals surface area contributed by atoms with Crippen LogP contribution in [0, 0.1) is 5.82 Å². The van der Waals surface area contributed by atoms with Gasteiger partial charge in [0.05, 0.1) is 18.1 Å². The molecule has 1 fully saturated rings. The molecule has 2 aromatic rings. The van der Waals surface area contributed by atoms with Crippen molar-refractivity contribution in [1.29, 1.82) is 0 Å². The number of halogens is 2. The zero-order valence-corrected chi connectivity index (χ0v) is 17.7. The standard InChI is InChI=1S/C19H21BrFNO5S/c1-2-16(27-17-6-4-3-5-15(17)21)19(23)22(11-14-7-8-18(20)26-14)13-9-10-28(24,25)12-13/h3-8,13,16H,2,9-12H2,1H3/t13-,16-/m1/s1. The average molecular weight is 474 g/mol. The summed E-state index contributed by atoms with van der Waals surface area (Å²) >= 11 is 3.22. The molecule has 1 aromatic heterocycles. The summed E-state index contributed by atoms with van der Waals surface area (Å²) in [5.74, 6) is -0.503. The van der Waals surface area contributed by atoms with Crippen LogP contribution in [-0.2, 0) is 21.2 Å². The largest absolute Gasteiger partial charge is 0.478 e. The Bertz CT molecular complexity index is 945. The van der Waals surface area contributed by atoms with Gasteiger partial charge in [0.25, 0.3) is 5.91 Å². The van der Waals surface area contributed by atoms with Gasteiger partial charge in [-0.25, -0.2) is 12.8 Å². The number of benzene rings is 1. The molecule has 0 N–H and O–H groups in total. The lowest BCUT2D eigenvalue weighted by atomic mass is 10.1. The van der Waals surface area contributed by atoms with Crippen molar-refractivity contribution in [1.82, 2.24) is 4.90 Å². The quantitative estimate of drug-likeness (QED) is 0.614. The molecule has 2 atom stereocenters. The van der Waals surface area contributed by atoms with Crippen LogP contribution >= 0.6 is 15.9 Å². The molecule has 0 saturated carbocycles. The fraction of sp³-hybridized carbons (Fsp3) is 0.421. The van der Waals surface area contributed by atoms with E-state index in [-0.39, 0.29) is 29.7 Å². The Kier molecular flexibility index (Phi) is 6.44. The molecule has 0 aliphatic carbocycles. The summed E-state index contributed by atoms with van der Waals surface area (Å²) in [5, 5.41) is 0. The SMILES string of the molecule is CC[C@@H](Oc1ccccc1F)C(=O)N(Cc1ccc(Br)o1)[C@@H]1CCS(=O)(=O)C1. The molecular weight excluding hydrogens is 453 g/mol. The fourth-order valence-electron chi connectivity index (χ4n) is 3.20. The zero-order valence-electron chi connectivity index (χ0n) is 15.3. The van der Waals surface area contributed by atoms with Crippen molar-refractivity contribution >= 4 is 31.7 Å². The molecule has 0 spiro atoms. The van der Waals surface area contributed by atoms with Gasteiger partial charge in [-0.1, -0.05) is 19.1 Å². The number of nitrogens with zero attached hydrogens (tertiary/aromatic N) is 1. The van der Waals surface area contributed by atoms with Crippen molar-refractivity contribution < 1.29 is 26.8 Å². The van der Waals surface area contributed by atoms with E-state index in [0.29, 0.717) is 23.3 Å². The van der Waals surface area contributed by atoms with Gasteiger partial charge >= 0.3 is 0 Å². The second-order valence-electron chi connectivity index (χ2n) is 6.67. The van der Waals surface area contributed by atoms with E-state index in [0.717, 1.165) is 0 Å². The Morgan fingerprint density at radius 2 is 2.11 bits per heavy atom. The van der Waals surface area contributed by atoms with E-state index < -0.39 is 27.8 Å². The zero-order chi connectivity index (χ0) is 20.3. The maximum atomic E-state index is 14.0. The van der Waals surface area contributed by atoms with Crippen LogP contribution in [0.25, 0.3) is 0 Å². The molecule has 1 aliphatic heterocycles. The number of hydrogen-bond donors (Lipinski definition) is 0. The van der Waals surface area contributed by atoms with Crippen LogP contribution in [0.2, 0.25) is 0 Å². The lowest BCUT2D eigenvalue weighted by Gasteiger charge is -2.31. The molecule has 28 heavy (non-hydrogen) atoms. The predicted octanol–water partition coefficient (Wildman–Crippen LogP) is 3.55. The summed E-state index contributed by atoms with van der Waals surface area (Å²) in [6.07, 6.45) is -0.268. The molecule has 2 heterocycles. The van der Waals surface area contributed by atoms with Gasteiger partial charge in [-0.15, -0.1) is 0 Å². The predicted molar refractivity (Wildman–Crippen MR) is 105 cm³/mol. The Morgan fingerprint density at radius 1 is 1.36 bits per heavy atom. The lowest BCUT2D eigenvalue weighted by Crippen LogP contribution is -2.47. The van der Waals surface area contributed by atoms with Crippen molar-refractivity contribution in [2.24, 2.45) is 0 Å². The number of carbonyl (C=O) groups excluding carboxylic acids is 1. The fourth-order valence-corrected chi connectivity index (χ4v) is 5.27. The number of sulfone groups is 1. The Labute approximate surface area is 171 Å². The Hall–Kier alpha value is -1.87. The van der Waals surface area contributed by atoms with Crippen molar-refractivity contribution in [3.05, 3.63) is 52.6 Å². The molecule has 1 saturated heterocycles. The van der Waals surface area contributed by atoms with Crippen LogP contribution in [0.15, 0.2) is 45.5 Å². The van der Waals surface area contributed by atoms with E-state index in [1.54, 1.807) is 25.1 Å². The third-order valence-electron chi connectivity index (χ3n) is 4.64. The number of ether oxygens (including phenoxy) is 1. The maximum absolute atomic E-state index is 14.0. The van der Waals surface area contributed by atoms with Gasteiger partial charge in [0.1, 0.15) is 5.76 Å².